The molecule has 0 amide bonds. The molecule has 6 rings (SSSR count). The lowest BCUT2D eigenvalue weighted by Gasteiger charge is -2.28. The topological polar surface area (TPSA) is 0 Å². The first kappa shape index (κ1) is 30.4. The normalized spacial score (nSPS) is 13.8. The predicted octanol–water partition coefficient (Wildman–Crippen LogP) is 12.8. The van der Waals surface area contributed by atoms with Crippen LogP contribution in [0.4, 0.5) is 0 Å². The highest BCUT2D eigenvalue weighted by atomic mass is 35.5. The summed E-state index contributed by atoms with van der Waals surface area (Å²) >= 11 is 12.6. The van der Waals surface area contributed by atoms with Crippen molar-refractivity contribution in [1.29, 1.82) is 0 Å². The van der Waals surface area contributed by atoms with Crippen molar-refractivity contribution in [2.75, 3.05) is 0 Å². The Hall–Kier alpha value is -3.58. The van der Waals surface area contributed by atoms with Crippen LogP contribution in [0.1, 0.15) is 79.5 Å². The average Bonchev–Trinajstić information content (AvgIpc) is 3.49. The van der Waals surface area contributed by atoms with Gasteiger partial charge in [-0.3, -0.25) is 0 Å². The first-order valence-electron chi connectivity index (χ1n) is 15.4. The number of aryl methyl sites for hydroxylation is 1. The van der Waals surface area contributed by atoms with E-state index in [1.165, 1.54) is 49.4 Å². The van der Waals surface area contributed by atoms with Crippen LogP contribution in [-0.2, 0) is 10.8 Å². The average molecular weight is 616 g/mol. The van der Waals surface area contributed by atoms with E-state index in [2.05, 4.69) is 133 Å². The lowest BCUT2D eigenvalue weighted by Crippen LogP contribution is -2.16. The van der Waals surface area contributed by atoms with Crippen LogP contribution >= 0.6 is 23.2 Å². The van der Waals surface area contributed by atoms with Gasteiger partial charge in [-0.05, 0) is 122 Å². The number of hydrogen-bond acceptors (Lipinski definition) is 0. The van der Waals surface area contributed by atoms with Gasteiger partial charge in [0, 0.05) is 21.4 Å². The number of hydrogen-bond donors (Lipinski definition) is 0. The summed E-state index contributed by atoms with van der Waals surface area (Å²) in [6.45, 7) is 16.1. The van der Waals surface area contributed by atoms with Crippen molar-refractivity contribution >= 4 is 50.3 Å². The van der Waals surface area contributed by atoms with Crippen LogP contribution in [0.2, 0.25) is 10.0 Å². The molecular formula is C42H40Cl2. The summed E-state index contributed by atoms with van der Waals surface area (Å²) in [5.74, 6) is 0.306. The molecule has 0 atom stereocenters. The van der Waals surface area contributed by atoms with Crippen LogP contribution in [0.15, 0.2) is 109 Å². The molecule has 0 radical (unpaired) electrons. The van der Waals surface area contributed by atoms with Crippen molar-refractivity contribution in [3.63, 3.8) is 0 Å². The van der Waals surface area contributed by atoms with Gasteiger partial charge in [0.05, 0.1) is 0 Å². The second kappa shape index (κ2) is 11.4. The molecule has 2 heteroatoms. The molecule has 5 aromatic carbocycles. The van der Waals surface area contributed by atoms with Gasteiger partial charge in [-0.1, -0.05) is 131 Å². The van der Waals surface area contributed by atoms with Crippen LogP contribution in [0.25, 0.3) is 27.1 Å². The van der Waals surface area contributed by atoms with Gasteiger partial charge in [0.1, 0.15) is 0 Å². The molecule has 0 aliphatic heterocycles. The minimum Gasteiger partial charge on any atom is -0.0843 e. The highest BCUT2D eigenvalue weighted by Crippen LogP contribution is 2.42. The van der Waals surface area contributed by atoms with Crippen molar-refractivity contribution < 1.29 is 0 Å². The second-order valence-electron chi connectivity index (χ2n) is 13.9. The molecule has 0 aromatic heterocycles. The molecule has 0 bridgehead atoms. The van der Waals surface area contributed by atoms with Crippen molar-refractivity contribution in [3.8, 4) is 0 Å². The maximum absolute atomic E-state index is 6.28. The van der Waals surface area contributed by atoms with E-state index in [1.807, 2.05) is 24.3 Å². The molecule has 44 heavy (non-hydrogen) atoms. The molecule has 0 N–H and O–H groups in total. The van der Waals surface area contributed by atoms with Crippen LogP contribution in [0.5, 0.6) is 0 Å². The van der Waals surface area contributed by atoms with E-state index in [-0.39, 0.29) is 10.8 Å². The Morgan fingerprint density at radius 1 is 0.636 bits per heavy atom. The van der Waals surface area contributed by atoms with Crippen molar-refractivity contribution in [1.82, 2.24) is 0 Å². The van der Waals surface area contributed by atoms with Crippen LogP contribution in [0, 0.1) is 13.8 Å². The molecule has 0 unspecified atom stereocenters. The zero-order valence-corrected chi connectivity index (χ0v) is 28.2. The molecule has 1 aliphatic carbocycles. The first-order valence-corrected chi connectivity index (χ1v) is 16.2. The highest BCUT2D eigenvalue weighted by molar-refractivity contribution is 6.31. The van der Waals surface area contributed by atoms with Crippen molar-refractivity contribution in [3.05, 3.63) is 158 Å². The molecule has 0 spiro atoms. The summed E-state index contributed by atoms with van der Waals surface area (Å²) in [6.07, 6.45) is 11.4. The molecule has 0 nitrogen and oxygen atoms in total. The van der Waals surface area contributed by atoms with Gasteiger partial charge in [0.25, 0.3) is 0 Å². The van der Waals surface area contributed by atoms with Crippen molar-refractivity contribution in [2.45, 2.75) is 65.2 Å². The number of benzene rings is 5. The summed E-state index contributed by atoms with van der Waals surface area (Å²) in [6, 6.07) is 28.3. The summed E-state index contributed by atoms with van der Waals surface area (Å²) in [5, 5.41) is 6.67. The number of fused-ring (bicyclic) bond motifs is 2. The minimum atomic E-state index is -0.254. The molecule has 0 saturated heterocycles. The molecule has 1 aliphatic rings. The molecule has 5 aromatic rings. The molecule has 0 fully saturated rings. The third-order valence-corrected chi connectivity index (χ3v) is 9.65. The predicted molar refractivity (Wildman–Crippen MR) is 194 cm³/mol. The van der Waals surface area contributed by atoms with Gasteiger partial charge in [0.2, 0.25) is 0 Å². The Morgan fingerprint density at radius 3 is 1.70 bits per heavy atom. The highest BCUT2D eigenvalue weighted by Gasteiger charge is 2.25. The van der Waals surface area contributed by atoms with E-state index in [0.717, 1.165) is 26.7 Å². The first-order chi connectivity index (χ1) is 20.8. The maximum atomic E-state index is 6.28. The summed E-state index contributed by atoms with van der Waals surface area (Å²) in [4.78, 5) is 0. The van der Waals surface area contributed by atoms with E-state index < -0.39 is 0 Å². The van der Waals surface area contributed by atoms with E-state index in [0.29, 0.717) is 5.92 Å². The third kappa shape index (κ3) is 5.79. The minimum absolute atomic E-state index is 0.0545. The Kier molecular flexibility index (Phi) is 7.89. The Labute approximate surface area is 272 Å². The quantitative estimate of drug-likeness (QED) is 0.173. The summed E-state index contributed by atoms with van der Waals surface area (Å²) < 4.78 is 0. The van der Waals surface area contributed by atoms with Gasteiger partial charge in [-0.2, -0.15) is 0 Å². The fourth-order valence-electron chi connectivity index (χ4n) is 7.00. The van der Waals surface area contributed by atoms with E-state index in [9.17, 15) is 0 Å². The van der Waals surface area contributed by atoms with E-state index >= 15 is 0 Å². The molecule has 222 valence electrons. The zero-order valence-electron chi connectivity index (χ0n) is 26.7. The van der Waals surface area contributed by atoms with E-state index in [4.69, 9.17) is 23.2 Å². The molecule has 0 heterocycles. The van der Waals surface area contributed by atoms with Gasteiger partial charge >= 0.3 is 0 Å². The van der Waals surface area contributed by atoms with Gasteiger partial charge in [0.15, 0.2) is 0 Å². The number of allylic oxidation sites excluding steroid dienone is 5. The lowest BCUT2D eigenvalue weighted by atomic mass is 9.76. The Bertz CT molecular complexity index is 1920. The lowest BCUT2D eigenvalue weighted by molar-refractivity contribution is 0.586. The second-order valence-corrected chi connectivity index (χ2v) is 14.8. The molecular weight excluding hydrogens is 575 g/mol. The molecule has 0 saturated carbocycles. The smallest absolute Gasteiger partial charge is 0.0406 e. The monoisotopic (exact) mass is 614 g/mol. The van der Waals surface area contributed by atoms with Crippen molar-refractivity contribution in [2.24, 2.45) is 0 Å². The van der Waals surface area contributed by atoms with Gasteiger partial charge < -0.3 is 0 Å². The Balaban J connectivity index is 1.55. The van der Waals surface area contributed by atoms with Crippen LogP contribution in [0.3, 0.4) is 0 Å². The fourth-order valence-corrected chi connectivity index (χ4v) is 7.25. The SMILES string of the molecule is Cc1cc2cc3c(C4C=CC=C4)c(C)c(C(C)(C)C)cc3cc2cc1C(C)(C)C=C(c1ccc(Cl)cc1)c1ccc(Cl)cc1. The fraction of sp³-hybridized carbons (Fsp3) is 0.238. The maximum Gasteiger partial charge on any atom is 0.0406 e. The standard InChI is InChI=1S/C42H40Cl2/c1-26-20-31-22-36-33(24-39(41(3,4)5)27(2)40(36)30-10-8-9-11-30)21-32(31)23-38(26)42(6,7)25-37(28-12-16-34(43)17-13-28)29-14-18-35(44)19-15-29/h8-25,30H,1-7H3. The summed E-state index contributed by atoms with van der Waals surface area (Å²) in [5.41, 5.74) is 10.1. The van der Waals surface area contributed by atoms with E-state index in [1.54, 1.807) is 0 Å². The number of halogens is 2. The van der Waals surface area contributed by atoms with Gasteiger partial charge in [-0.25, -0.2) is 0 Å². The largest absolute Gasteiger partial charge is 0.0843 e. The Morgan fingerprint density at radius 2 is 1.16 bits per heavy atom. The third-order valence-electron chi connectivity index (χ3n) is 9.15. The summed E-state index contributed by atoms with van der Waals surface area (Å²) in [7, 11) is 0. The zero-order chi connectivity index (χ0) is 31.4. The van der Waals surface area contributed by atoms with Crippen LogP contribution in [-0.4, -0.2) is 0 Å². The van der Waals surface area contributed by atoms with Gasteiger partial charge in [-0.15, -0.1) is 0 Å². The number of rotatable bonds is 5. The van der Waals surface area contributed by atoms with Crippen LogP contribution < -0.4 is 0 Å².